The first-order valence-electron chi connectivity index (χ1n) is 4.98. The summed E-state index contributed by atoms with van der Waals surface area (Å²) in [5.41, 5.74) is 0. The highest BCUT2D eigenvalue weighted by Gasteiger charge is 2.35. The molecule has 1 saturated heterocycles. The quantitative estimate of drug-likeness (QED) is 0.657. The average molecular weight is 249 g/mol. The fourth-order valence-corrected chi connectivity index (χ4v) is 3.24. The highest BCUT2D eigenvalue weighted by Crippen LogP contribution is 2.14. The van der Waals surface area contributed by atoms with Crippen molar-refractivity contribution in [3.63, 3.8) is 0 Å². The molecule has 0 aromatic heterocycles. The van der Waals surface area contributed by atoms with E-state index in [1.165, 1.54) is 11.8 Å². The molecule has 1 aliphatic heterocycles. The zero-order valence-corrected chi connectivity index (χ0v) is 10.0. The van der Waals surface area contributed by atoms with Crippen molar-refractivity contribution in [3.8, 4) is 0 Å². The number of sulfone groups is 1. The van der Waals surface area contributed by atoms with Gasteiger partial charge in [0.1, 0.15) is 5.92 Å². The van der Waals surface area contributed by atoms with E-state index in [1.807, 2.05) is 0 Å². The second-order valence-corrected chi connectivity index (χ2v) is 6.28. The standard InChI is InChI=1S/C9H15NO5S/c1-6-5-16(14,15)4-3-10(6)8(11)7(2)9(12)13/h6-7H,3-5H2,1-2H3,(H,12,13). The Morgan fingerprint density at radius 2 is 2.00 bits per heavy atom. The molecule has 0 saturated carbocycles. The minimum absolute atomic E-state index is 0.0833. The Balaban J connectivity index is 2.77. The maximum Gasteiger partial charge on any atom is 0.315 e. The van der Waals surface area contributed by atoms with Crippen LogP contribution in [-0.4, -0.2) is 54.4 Å². The Labute approximate surface area is 94.2 Å². The fourth-order valence-electron chi connectivity index (χ4n) is 1.68. The number of amides is 1. The Morgan fingerprint density at radius 1 is 1.44 bits per heavy atom. The third kappa shape index (κ3) is 2.72. The fraction of sp³-hybridized carbons (Fsp3) is 0.778. The molecular formula is C9H15NO5S. The molecule has 1 fully saturated rings. The molecule has 0 aromatic rings. The number of carbonyl (C=O) groups is 2. The number of hydrogen-bond acceptors (Lipinski definition) is 4. The molecule has 1 heterocycles. The summed E-state index contributed by atoms with van der Waals surface area (Å²) < 4.78 is 22.6. The topological polar surface area (TPSA) is 91.8 Å². The van der Waals surface area contributed by atoms with E-state index in [0.717, 1.165) is 0 Å². The number of carboxylic acids is 1. The zero-order valence-electron chi connectivity index (χ0n) is 9.21. The molecule has 6 nitrogen and oxygen atoms in total. The molecule has 0 bridgehead atoms. The van der Waals surface area contributed by atoms with Crippen molar-refractivity contribution in [2.75, 3.05) is 18.1 Å². The van der Waals surface area contributed by atoms with Crippen LogP contribution in [0.2, 0.25) is 0 Å². The van der Waals surface area contributed by atoms with Gasteiger partial charge in [-0.1, -0.05) is 0 Å². The lowest BCUT2D eigenvalue weighted by Gasteiger charge is -2.34. The number of carboxylic acid groups (broad SMARTS) is 1. The molecule has 0 radical (unpaired) electrons. The largest absolute Gasteiger partial charge is 0.481 e. The maximum atomic E-state index is 11.7. The molecule has 1 rings (SSSR count). The van der Waals surface area contributed by atoms with Crippen LogP contribution in [-0.2, 0) is 19.4 Å². The molecule has 0 aliphatic carbocycles. The minimum Gasteiger partial charge on any atom is -0.481 e. The summed E-state index contributed by atoms with van der Waals surface area (Å²) in [4.78, 5) is 23.7. The second-order valence-electron chi connectivity index (χ2n) is 4.05. The van der Waals surface area contributed by atoms with Crippen LogP contribution < -0.4 is 0 Å². The van der Waals surface area contributed by atoms with E-state index in [-0.39, 0.29) is 18.1 Å². The number of carbonyl (C=O) groups excluding carboxylic acids is 1. The van der Waals surface area contributed by atoms with Gasteiger partial charge < -0.3 is 10.0 Å². The smallest absolute Gasteiger partial charge is 0.315 e. The van der Waals surface area contributed by atoms with E-state index in [4.69, 9.17) is 5.11 Å². The summed E-state index contributed by atoms with van der Waals surface area (Å²) in [6, 6.07) is -0.451. The Bertz CT molecular complexity index is 402. The van der Waals surface area contributed by atoms with E-state index in [1.54, 1.807) is 6.92 Å². The predicted octanol–water partition coefficient (Wildman–Crippen LogP) is -0.647. The average Bonchev–Trinajstić information content (AvgIpc) is 2.14. The van der Waals surface area contributed by atoms with Crippen molar-refractivity contribution in [2.45, 2.75) is 19.9 Å². The van der Waals surface area contributed by atoms with Crippen LogP contribution in [0.1, 0.15) is 13.8 Å². The summed E-state index contributed by atoms with van der Waals surface area (Å²) in [6.07, 6.45) is 0. The summed E-state index contributed by atoms with van der Waals surface area (Å²) >= 11 is 0. The van der Waals surface area contributed by atoms with Gasteiger partial charge in [0.05, 0.1) is 11.5 Å². The van der Waals surface area contributed by atoms with Gasteiger partial charge in [0.15, 0.2) is 9.84 Å². The highest BCUT2D eigenvalue weighted by molar-refractivity contribution is 7.91. The Morgan fingerprint density at radius 3 is 2.44 bits per heavy atom. The van der Waals surface area contributed by atoms with Gasteiger partial charge in [-0.3, -0.25) is 9.59 Å². The number of hydrogen-bond donors (Lipinski definition) is 1. The van der Waals surface area contributed by atoms with Crippen molar-refractivity contribution in [1.82, 2.24) is 4.90 Å². The maximum absolute atomic E-state index is 11.7. The molecule has 1 amide bonds. The van der Waals surface area contributed by atoms with Crippen LogP contribution in [0.4, 0.5) is 0 Å². The monoisotopic (exact) mass is 249 g/mol. The molecule has 92 valence electrons. The van der Waals surface area contributed by atoms with E-state index < -0.39 is 33.7 Å². The molecule has 1 aliphatic rings. The summed E-state index contributed by atoms with van der Waals surface area (Å²) in [5, 5.41) is 8.71. The Hall–Kier alpha value is -1.11. The second kappa shape index (κ2) is 4.40. The van der Waals surface area contributed by atoms with Crippen LogP contribution in [0.3, 0.4) is 0 Å². The normalized spacial score (nSPS) is 26.1. The predicted molar refractivity (Wildman–Crippen MR) is 56.6 cm³/mol. The number of rotatable bonds is 2. The highest BCUT2D eigenvalue weighted by atomic mass is 32.2. The molecule has 0 spiro atoms. The third-order valence-corrected chi connectivity index (χ3v) is 4.49. The van der Waals surface area contributed by atoms with Crippen LogP contribution in [0.15, 0.2) is 0 Å². The van der Waals surface area contributed by atoms with Crippen LogP contribution in [0, 0.1) is 5.92 Å². The van der Waals surface area contributed by atoms with E-state index >= 15 is 0 Å². The lowest BCUT2D eigenvalue weighted by Crippen LogP contribution is -2.52. The molecule has 0 aromatic carbocycles. The van der Waals surface area contributed by atoms with Gasteiger partial charge in [0, 0.05) is 12.6 Å². The van der Waals surface area contributed by atoms with E-state index in [9.17, 15) is 18.0 Å². The molecule has 16 heavy (non-hydrogen) atoms. The van der Waals surface area contributed by atoms with Gasteiger partial charge in [-0.2, -0.15) is 0 Å². The van der Waals surface area contributed by atoms with Crippen LogP contribution in [0.25, 0.3) is 0 Å². The van der Waals surface area contributed by atoms with Crippen molar-refractivity contribution in [3.05, 3.63) is 0 Å². The van der Waals surface area contributed by atoms with Gasteiger partial charge in [-0.25, -0.2) is 8.42 Å². The first-order valence-corrected chi connectivity index (χ1v) is 6.80. The Kier molecular flexibility index (Phi) is 3.57. The lowest BCUT2D eigenvalue weighted by molar-refractivity contribution is -0.151. The molecule has 1 N–H and O–H groups in total. The van der Waals surface area contributed by atoms with Crippen molar-refractivity contribution in [2.24, 2.45) is 5.92 Å². The zero-order chi connectivity index (χ0) is 12.5. The van der Waals surface area contributed by atoms with Crippen molar-refractivity contribution < 1.29 is 23.1 Å². The van der Waals surface area contributed by atoms with Gasteiger partial charge in [0.25, 0.3) is 0 Å². The molecule has 7 heteroatoms. The van der Waals surface area contributed by atoms with Crippen LogP contribution >= 0.6 is 0 Å². The van der Waals surface area contributed by atoms with E-state index in [2.05, 4.69) is 0 Å². The summed E-state index contributed by atoms with van der Waals surface area (Å²) in [7, 11) is -3.09. The lowest BCUT2D eigenvalue weighted by atomic mass is 10.1. The molecule has 2 atom stereocenters. The number of aliphatic carboxylic acids is 1. The summed E-state index contributed by atoms with van der Waals surface area (Å²) in [5.74, 6) is -3.01. The van der Waals surface area contributed by atoms with Gasteiger partial charge in [0.2, 0.25) is 5.91 Å². The minimum atomic E-state index is -3.09. The first kappa shape index (κ1) is 13.0. The van der Waals surface area contributed by atoms with Crippen molar-refractivity contribution >= 4 is 21.7 Å². The van der Waals surface area contributed by atoms with Gasteiger partial charge >= 0.3 is 5.97 Å². The van der Waals surface area contributed by atoms with E-state index in [0.29, 0.717) is 0 Å². The SMILES string of the molecule is CC(C(=O)O)C(=O)N1CCS(=O)(=O)CC1C. The molecular weight excluding hydrogens is 234 g/mol. The van der Waals surface area contributed by atoms with Gasteiger partial charge in [-0.05, 0) is 13.8 Å². The van der Waals surface area contributed by atoms with Gasteiger partial charge in [-0.15, -0.1) is 0 Å². The van der Waals surface area contributed by atoms with Crippen molar-refractivity contribution in [1.29, 1.82) is 0 Å². The van der Waals surface area contributed by atoms with Crippen LogP contribution in [0.5, 0.6) is 0 Å². The number of nitrogens with zero attached hydrogens (tertiary/aromatic N) is 1. The first-order chi connectivity index (χ1) is 7.24. The summed E-state index contributed by atoms with van der Waals surface area (Å²) in [6.45, 7) is 3.00. The third-order valence-electron chi connectivity index (χ3n) is 2.69. The molecule has 2 unspecified atom stereocenters.